The van der Waals surface area contributed by atoms with E-state index in [0.717, 1.165) is 31.8 Å². The topological polar surface area (TPSA) is 82.1 Å². The van der Waals surface area contributed by atoms with Crippen LogP contribution in [0, 0.1) is 17.8 Å². The molecule has 2 saturated carbocycles. The lowest BCUT2D eigenvalue weighted by Gasteiger charge is -2.39. The van der Waals surface area contributed by atoms with Crippen LogP contribution in [-0.2, 0) is 4.79 Å². The highest BCUT2D eigenvalue weighted by molar-refractivity contribution is 6.02. The van der Waals surface area contributed by atoms with Crippen molar-refractivity contribution >= 4 is 17.5 Å². The van der Waals surface area contributed by atoms with Crippen molar-refractivity contribution < 1.29 is 19.4 Å². The maximum atomic E-state index is 13.5. The van der Waals surface area contributed by atoms with Gasteiger partial charge in [-0.3, -0.25) is 9.59 Å². The van der Waals surface area contributed by atoms with Crippen molar-refractivity contribution in [3.8, 4) is 5.75 Å². The summed E-state index contributed by atoms with van der Waals surface area (Å²) < 4.78 is 6.61. The SMILES string of the molecule is C[C@@H]1CN([C@H](C)CO)C(=O)c2cccc(NC(=O)C3CC3)c2O[C@@H]1CN(C)CC1CCCCC1. The molecule has 2 N–H and O–H groups in total. The summed E-state index contributed by atoms with van der Waals surface area (Å²) in [5.74, 6) is 1.13. The number of ether oxygens (including phenoxy) is 1. The number of carbonyl (C=O) groups excluding carboxylic acids is 2. The number of rotatable bonds is 8. The number of likely N-dealkylation sites (N-methyl/N-ethyl adjacent to an activating group) is 1. The molecule has 2 amide bonds. The van der Waals surface area contributed by atoms with Gasteiger partial charge in [0.05, 0.1) is 23.9 Å². The predicted octanol–water partition coefficient (Wildman–Crippen LogP) is 3.77. The van der Waals surface area contributed by atoms with Crippen molar-refractivity contribution in [3.05, 3.63) is 23.8 Å². The number of amides is 2. The van der Waals surface area contributed by atoms with E-state index in [0.29, 0.717) is 23.5 Å². The van der Waals surface area contributed by atoms with E-state index in [1.807, 2.05) is 13.0 Å². The van der Waals surface area contributed by atoms with E-state index in [2.05, 4.69) is 24.2 Å². The molecule has 0 radical (unpaired) electrons. The van der Waals surface area contributed by atoms with Gasteiger partial charge in [0.2, 0.25) is 5.91 Å². The van der Waals surface area contributed by atoms with Gasteiger partial charge in [-0.1, -0.05) is 32.3 Å². The average molecular weight is 472 g/mol. The summed E-state index contributed by atoms with van der Waals surface area (Å²) in [6.45, 7) is 6.20. The number of nitrogens with zero attached hydrogens (tertiary/aromatic N) is 2. The first kappa shape index (κ1) is 25.0. The number of benzene rings is 1. The van der Waals surface area contributed by atoms with Gasteiger partial charge in [-0.25, -0.2) is 0 Å². The molecule has 7 nitrogen and oxygen atoms in total. The molecule has 0 aromatic heterocycles. The third-order valence-corrected chi connectivity index (χ3v) is 7.68. The Morgan fingerprint density at radius 2 is 1.94 bits per heavy atom. The minimum Gasteiger partial charge on any atom is -0.486 e. The second-order valence-corrected chi connectivity index (χ2v) is 10.8. The maximum absolute atomic E-state index is 13.5. The Balaban J connectivity index is 1.60. The molecule has 3 atom stereocenters. The lowest BCUT2D eigenvalue weighted by atomic mass is 9.89. The van der Waals surface area contributed by atoms with Crippen LogP contribution in [0.3, 0.4) is 0 Å². The molecule has 1 aliphatic heterocycles. The Kier molecular flexibility index (Phi) is 8.14. The molecule has 1 heterocycles. The fraction of sp³-hybridized carbons (Fsp3) is 0.704. The van der Waals surface area contributed by atoms with Gasteiger partial charge in [0.1, 0.15) is 6.10 Å². The van der Waals surface area contributed by atoms with Crippen LogP contribution >= 0.6 is 0 Å². The largest absolute Gasteiger partial charge is 0.486 e. The molecule has 0 unspecified atom stereocenters. The highest BCUT2D eigenvalue weighted by Gasteiger charge is 2.36. The van der Waals surface area contributed by atoms with Crippen molar-refractivity contribution in [1.29, 1.82) is 0 Å². The molecule has 188 valence electrons. The van der Waals surface area contributed by atoms with Crippen molar-refractivity contribution in [2.75, 3.05) is 38.6 Å². The Morgan fingerprint density at radius 1 is 1.21 bits per heavy atom. The molecule has 2 fully saturated rings. The zero-order valence-corrected chi connectivity index (χ0v) is 21.0. The monoisotopic (exact) mass is 471 g/mol. The average Bonchev–Trinajstić information content (AvgIpc) is 3.67. The molecule has 0 saturated heterocycles. The fourth-order valence-corrected chi connectivity index (χ4v) is 5.33. The minimum absolute atomic E-state index is 0.00824. The molecule has 7 heteroatoms. The molecule has 34 heavy (non-hydrogen) atoms. The molecule has 4 rings (SSSR count). The number of aliphatic hydroxyl groups excluding tert-OH is 1. The molecule has 3 aliphatic rings. The van der Waals surface area contributed by atoms with Crippen LogP contribution in [0.5, 0.6) is 5.75 Å². The number of para-hydroxylation sites is 1. The van der Waals surface area contributed by atoms with Crippen LogP contribution in [0.2, 0.25) is 0 Å². The predicted molar refractivity (Wildman–Crippen MR) is 133 cm³/mol. The fourth-order valence-electron chi connectivity index (χ4n) is 5.33. The summed E-state index contributed by atoms with van der Waals surface area (Å²) in [6.07, 6.45) is 8.26. The van der Waals surface area contributed by atoms with E-state index < -0.39 is 0 Å². The molecule has 2 aliphatic carbocycles. The Hall–Kier alpha value is -2.12. The summed E-state index contributed by atoms with van der Waals surface area (Å²) >= 11 is 0. The molecule has 1 aromatic rings. The molecular formula is C27H41N3O4. The first-order valence-electron chi connectivity index (χ1n) is 13.1. The lowest BCUT2D eigenvalue weighted by molar-refractivity contribution is -0.117. The lowest BCUT2D eigenvalue weighted by Crippen LogP contribution is -2.50. The number of aliphatic hydroxyl groups is 1. The number of hydrogen-bond acceptors (Lipinski definition) is 5. The Bertz CT molecular complexity index is 865. The summed E-state index contributed by atoms with van der Waals surface area (Å²) in [6, 6.07) is 5.08. The quantitative estimate of drug-likeness (QED) is 0.603. The number of fused-ring (bicyclic) bond motifs is 1. The number of hydrogen-bond donors (Lipinski definition) is 2. The van der Waals surface area contributed by atoms with Crippen LogP contribution in [0.4, 0.5) is 5.69 Å². The number of nitrogens with one attached hydrogen (secondary N) is 1. The highest BCUT2D eigenvalue weighted by atomic mass is 16.5. The highest BCUT2D eigenvalue weighted by Crippen LogP contribution is 2.37. The van der Waals surface area contributed by atoms with Crippen molar-refractivity contribution in [1.82, 2.24) is 9.80 Å². The van der Waals surface area contributed by atoms with E-state index in [1.165, 1.54) is 32.1 Å². The van der Waals surface area contributed by atoms with Crippen LogP contribution in [0.15, 0.2) is 18.2 Å². The zero-order valence-electron chi connectivity index (χ0n) is 21.0. The van der Waals surface area contributed by atoms with E-state index >= 15 is 0 Å². The second kappa shape index (κ2) is 11.1. The number of anilines is 1. The molecule has 1 aromatic carbocycles. The van der Waals surface area contributed by atoms with Gasteiger partial charge in [0.15, 0.2) is 5.75 Å². The van der Waals surface area contributed by atoms with Gasteiger partial charge < -0.3 is 25.0 Å². The first-order valence-corrected chi connectivity index (χ1v) is 13.1. The van der Waals surface area contributed by atoms with Crippen LogP contribution < -0.4 is 10.1 Å². The van der Waals surface area contributed by atoms with Crippen molar-refractivity contribution in [2.45, 2.75) is 70.9 Å². The van der Waals surface area contributed by atoms with Gasteiger partial charge in [-0.2, -0.15) is 0 Å². The minimum atomic E-state index is -0.300. The maximum Gasteiger partial charge on any atom is 0.258 e. The normalized spacial score (nSPS) is 24.7. The van der Waals surface area contributed by atoms with Crippen molar-refractivity contribution in [3.63, 3.8) is 0 Å². The third-order valence-electron chi connectivity index (χ3n) is 7.68. The summed E-state index contributed by atoms with van der Waals surface area (Å²) in [4.78, 5) is 30.2. The van der Waals surface area contributed by atoms with Crippen molar-refractivity contribution in [2.24, 2.45) is 17.8 Å². The molecular weight excluding hydrogens is 430 g/mol. The van der Waals surface area contributed by atoms with E-state index in [-0.39, 0.29) is 42.4 Å². The smallest absolute Gasteiger partial charge is 0.258 e. The third kappa shape index (κ3) is 5.92. The van der Waals surface area contributed by atoms with Gasteiger partial charge in [0, 0.05) is 31.5 Å². The standard InChI is InChI=1S/C27H41N3O4/c1-18-14-30(19(2)17-31)27(33)22-10-7-11-23(28-26(32)21-12-13-21)25(22)34-24(18)16-29(3)15-20-8-5-4-6-9-20/h7,10-11,18-21,24,31H,4-6,8-9,12-17H2,1-3H3,(H,28,32)/t18-,19-,24-/m1/s1. The summed E-state index contributed by atoms with van der Waals surface area (Å²) in [5.41, 5.74) is 1.01. The van der Waals surface area contributed by atoms with Crippen LogP contribution in [0.25, 0.3) is 0 Å². The Labute approximate surface area is 203 Å². The van der Waals surface area contributed by atoms with E-state index in [1.54, 1.807) is 17.0 Å². The van der Waals surface area contributed by atoms with Gasteiger partial charge in [-0.15, -0.1) is 0 Å². The second-order valence-electron chi connectivity index (χ2n) is 10.8. The van der Waals surface area contributed by atoms with Gasteiger partial charge in [-0.05, 0) is 57.7 Å². The van der Waals surface area contributed by atoms with E-state index in [9.17, 15) is 14.7 Å². The van der Waals surface area contributed by atoms with Gasteiger partial charge >= 0.3 is 0 Å². The van der Waals surface area contributed by atoms with E-state index in [4.69, 9.17) is 4.74 Å². The van der Waals surface area contributed by atoms with Crippen LogP contribution in [-0.4, -0.2) is 72.2 Å². The summed E-state index contributed by atoms with van der Waals surface area (Å²) in [7, 11) is 2.16. The zero-order chi connectivity index (χ0) is 24.2. The number of carbonyl (C=O) groups is 2. The van der Waals surface area contributed by atoms with Crippen LogP contribution in [0.1, 0.15) is 69.2 Å². The van der Waals surface area contributed by atoms with Gasteiger partial charge in [0.25, 0.3) is 5.91 Å². The summed E-state index contributed by atoms with van der Waals surface area (Å²) in [5, 5.41) is 12.9. The molecule has 0 spiro atoms. The first-order chi connectivity index (χ1) is 16.4. The Morgan fingerprint density at radius 3 is 2.62 bits per heavy atom. The molecule has 0 bridgehead atoms.